The number of hydrogen-bond donors (Lipinski definition) is 0. The van der Waals surface area contributed by atoms with Crippen molar-refractivity contribution in [3.05, 3.63) is 35.4 Å². The summed E-state index contributed by atoms with van der Waals surface area (Å²) in [4.78, 5) is 11.8. The Labute approximate surface area is 104 Å². The van der Waals surface area contributed by atoms with E-state index >= 15 is 0 Å². The van der Waals surface area contributed by atoms with Crippen LogP contribution >= 0.6 is 0 Å². The van der Waals surface area contributed by atoms with Crippen LogP contribution in [-0.2, 0) is 9.53 Å². The SMILES string of the molecule is CCOC(C(=O)CC)c1ccc(C(C)C)cc1. The Morgan fingerprint density at radius 1 is 1.12 bits per heavy atom. The summed E-state index contributed by atoms with van der Waals surface area (Å²) in [6.07, 6.45) is 0.113. The first-order valence-corrected chi connectivity index (χ1v) is 6.34. The smallest absolute Gasteiger partial charge is 0.165 e. The molecule has 0 aliphatic heterocycles. The Hall–Kier alpha value is -1.15. The lowest BCUT2D eigenvalue weighted by Gasteiger charge is -2.16. The minimum absolute atomic E-state index is 0.143. The Balaban J connectivity index is 2.91. The zero-order valence-corrected chi connectivity index (χ0v) is 11.2. The van der Waals surface area contributed by atoms with Crippen molar-refractivity contribution in [2.45, 2.75) is 46.1 Å². The molecule has 0 aliphatic carbocycles. The van der Waals surface area contributed by atoms with Gasteiger partial charge in [0.2, 0.25) is 0 Å². The molecule has 2 heteroatoms. The number of rotatable bonds is 6. The molecule has 0 heterocycles. The average Bonchev–Trinajstić information content (AvgIpc) is 2.35. The highest BCUT2D eigenvalue weighted by molar-refractivity contribution is 5.84. The van der Waals surface area contributed by atoms with E-state index in [4.69, 9.17) is 4.74 Å². The summed E-state index contributed by atoms with van der Waals surface area (Å²) < 4.78 is 5.53. The van der Waals surface area contributed by atoms with Crippen LogP contribution in [0.1, 0.15) is 57.3 Å². The average molecular weight is 234 g/mol. The van der Waals surface area contributed by atoms with Crippen molar-refractivity contribution in [2.75, 3.05) is 6.61 Å². The number of ether oxygens (including phenoxy) is 1. The summed E-state index contributed by atoms with van der Waals surface area (Å²) in [7, 11) is 0. The molecule has 0 amide bonds. The van der Waals surface area contributed by atoms with Crippen molar-refractivity contribution in [1.82, 2.24) is 0 Å². The van der Waals surface area contributed by atoms with Crippen molar-refractivity contribution >= 4 is 5.78 Å². The van der Waals surface area contributed by atoms with Crippen LogP contribution in [0.4, 0.5) is 0 Å². The van der Waals surface area contributed by atoms with Gasteiger partial charge in [0.25, 0.3) is 0 Å². The number of benzene rings is 1. The van der Waals surface area contributed by atoms with E-state index in [1.54, 1.807) is 0 Å². The van der Waals surface area contributed by atoms with Crippen molar-refractivity contribution in [1.29, 1.82) is 0 Å². The summed E-state index contributed by atoms with van der Waals surface area (Å²) in [5.41, 5.74) is 2.25. The Kier molecular flexibility index (Phi) is 5.36. The molecule has 0 saturated carbocycles. The fourth-order valence-electron chi connectivity index (χ4n) is 1.78. The molecule has 17 heavy (non-hydrogen) atoms. The Bertz CT molecular complexity index is 352. The molecule has 1 rings (SSSR count). The van der Waals surface area contributed by atoms with E-state index in [0.717, 1.165) is 5.56 Å². The van der Waals surface area contributed by atoms with Gasteiger partial charge in [-0.1, -0.05) is 45.0 Å². The van der Waals surface area contributed by atoms with E-state index in [9.17, 15) is 4.79 Å². The van der Waals surface area contributed by atoms with Crippen molar-refractivity contribution < 1.29 is 9.53 Å². The van der Waals surface area contributed by atoms with Crippen LogP contribution in [0.5, 0.6) is 0 Å². The lowest BCUT2D eigenvalue weighted by Crippen LogP contribution is -2.15. The zero-order valence-electron chi connectivity index (χ0n) is 11.2. The van der Waals surface area contributed by atoms with Crippen LogP contribution in [0.3, 0.4) is 0 Å². The first kappa shape index (κ1) is 13.9. The lowest BCUT2D eigenvalue weighted by atomic mass is 9.98. The molecular formula is C15H22O2. The predicted molar refractivity (Wildman–Crippen MR) is 70.2 cm³/mol. The molecule has 1 atom stereocenters. The van der Waals surface area contributed by atoms with Gasteiger partial charge in [0.05, 0.1) is 0 Å². The predicted octanol–water partition coefficient (Wildman–Crippen LogP) is 3.87. The molecule has 0 aliphatic rings. The molecule has 0 radical (unpaired) electrons. The van der Waals surface area contributed by atoms with E-state index in [-0.39, 0.29) is 5.78 Å². The number of hydrogen-bond acceptors (Lipinski definition) is 2. The number of Topliss-reactive ketones (excluding diaryl/α,β-unsaturated/α-hetero) is 1. The summed E-state index contributed by atoms with van der Waals surface area (Å²) in [6.45, 7) is 8.66. The molecule has 0 spiro atoms. The highest BCUT2D eigenvalue weighted by atomic mass is 16.5. The highest BCUT2D eigenvalue weighted by Crippen LogP contribution is 2.22. The van der Waals surface area contributed by atoms with Crippen LogP contribution in [0.25, 0.3) is 0 Å². The van der Waals surface area contributed by atoms with E-state index < -0.39 is 6.10 Å². The quantitative estimate of drug-likeness (QED) is 0.747. The van der Waals surface area contributed by atoms with E-state index in [0.29, 0.717) is 18.9 Å². The lowest BCUT2D eigenvalue weighted by molar-refractivity contribution is -0.130. The number of carbonyl (C=O) groups is 1. The molecule has 1 aromatic rings. The van der Waals surface area contributed by atoms with Crippen molar-refractivity contribution in [3.8, 4) is 0 Å². The van der Waals surface area contributed by atoms with Crippen molar-refractivity contribution in [2.24, 2.45) is 0 Å². The third-order valence-corrected chi connectivity index (χ3v) is 2.88. The van der Waals surface area contributed by atoms with Crippen molar-refractivity contribution in [3.63, 3.8) is 0 Å². The second-order valence-corrected chi connectivity index (χ2v) is 4.48. The molecule has 0 N–H and O–H groups in total. The fraction of sp³-hybridized carbons (Fsp3) is 0.533. The highest BCUT2D eigenvalue weighted by Gasteiger charge is 2.18. The molecule has 1 unspecified atom stereocenters. The minimum Gasteiger partial charge on any atom is -0.366 e. The van der Waals surface area contributed by atoms with Gasteiger partial charge in [-0.15, -0.1) is 0 Å². The van der Waals surface area contributed by atoms with E-state index in [1.165, 1.54) is 5.56 Å². The Morgan fingerprint density at radius 2 is 1.65 bits per heavy atom. The standard InChI is InChI=1S/C15H22O2/c1-5-14(16)15(17-6-2)13-9-7-12(8-10-13)11(3)4/h7-11,15H,5-6H2,1-4H3. The van der Waals surface area contributed by atoms with Gasteiger partial charge in [0.15, 0.2) is 5.78 Å². The van der Waals surface area contributed by atoms with Crippen LogP contribution in [0, 0.1) is 0 Å². The van der Waals surface area contributed by atoms with Gasteiger partial charge in [-0.25, -0.2) is 0 Å². The minimum atomic E-state index is -0.397. The van der Waals surface area contributed by atoms with Gasteiger partial charge in [-0.3, -0.25) is 4.79 Å². The van der Waals surface area contributed by atoms with Gasteiger partial charge in [-0.05, 0) is 24.0 Å². The number of ketones is 1. The molecule has 0 saturated heterocycles. The van der Waals surface area contributed by atoms with Crippen LogP contribution in [0.2, 0.25) is 0 Å². The third kappa shape index (κ3) is 3.67. The van der Waals surface area contributed by atoms with Crippen LogP contribution < -0.4 is 0 Å². The molecule has 0 bridgehead atoms. The molecule has 0 fully saturated rings. The van der Waals surface area contributed by atoms with Crippen LogP contribution in [0.15, 0.2) is 24.3 Å². The van der Waals surface area contributed by atoms with E-state index in [1.807, 2.05) is 26.0 Å². The zero-order chi connectivity index (χ0) is 12.8. The monoisotopic (exact) mass is 234 g/mol. The fourth-order valence-corrected chi connectivity index (χ4v) is 1.78. The summed E-state index contributed by atoms with van der Waals surface area (Å²) in [6, 6.07) is 8.16. The van der Waals surface area contributed by atoms with Gasteiger partial charge in [0.1, 0.15) is 6.10 Å². The maximum absolute atomic E-state index is 11.8. The maximum atomic E-state index is 11.8. The maximum Gasteiger partial charge on any atom is 0.165 e. The first-order chi connectivity index (χ1) is 8.10. The van der Waals surface area contributed by atoms with Gasteiger partial charge >= 0.3 is 0 Å². The second kappa shape index (κ2) is 6.55. The number of carbonyl (C=O) groups excluding carboxylic acids is 1. The molecule has 2 nitrogen and oxygen atoms in total. The van der Waals surface area contributed by atoms with Gasteiger partial charge < -0.3 is 4.74 Å². The van der Waals surface area contributed by atoms with Crippen LogP contribution in [-0.4, -0.2) is 12.4 Å². The normalized spacial score (nSPS) is 12.8. The Morgan fingerprint density at radius 3 is 2.06 bits per heavy atom. The molecule has 1 aromatic carbocycles. The summed E-state index contributed by atoms with van der Waals surface area (Å²) in [5.74, 6) is 0.653. The summed E-state index contributed by atoms with van der Waals surface area (Å²) in [5, 5.41) is 0. The molecule has 94 valence electrons. The molecular weight excluding hydrogens is 212 g/mol. The molecule has 0 aromatic heterocycles. The third-order valence-electron chi connectivity index (χ3n) is 2.88. The second-order valence-electron chi connectivity index (χ2n) is 4.48. The topological polar surface area (TPSA) is 26.3 Å². The largest absolute Gasteiger partial charge is 0.366 e. The summed E-state index contributed by atoms with van der Waals surface area (Å²) >= 11 is 0. The van der Waals surface area contributed by atoms with E-state index in [2.05, 4.69) is 26.0 Å². The van der Waals surface area contributed by atoms with Gasteiger partial charge in [-0.2, -0.15) is 0 Å². The van der Waals surface area contributed by atoms with Gasteiger partial charge in [0, 0.05) is 13.0 Å². The first-order valence-electron chi connectivity index (χ1n) is 6.34.